The maximum Gasteiger partial charge on any atom is 0.231 e. The van der Waals surface area contributed by atoms with Gasteiger partial charge in [0.1, 0.15) is 0 Å². The highest BCUT2D eigenvalue weighted by Crippen LogP contribution is 2.36. The average Bonchev–Trinajstić information content (AvgIpc) is 2.69. The minimum Gasteiger partial charge on any atom is -0.454 e. The van der Waals surface area contributed by atoms with Crippen molar-refractivity contribution in [3.63, 3.8) is 0 Å². The van der Waals surface area contributed by atoms with Crippen LogP contribution in [0.15, 0.2) is 18.2 Å². The molecule has 0 N–H and O–H groups in total. The first-order valence-corrected chi connectivity index (χ1v) is 6.53. The van der Waals surface area contributed by atoms with E-state index in [1.165, 1.54) is 44.3 Å². The van der Waals surface area contributed by atoms with Gasteiger partial charge in [0.25, 0.3) is 0 Å². The maximum absolute atomic E-state index is 5.55. The number of ether oxygens (including phenoxy) is 2. The highest BCUT2D eigenvalue weighted by molar-refractivity contribution is 5.48. The molecule has 0 bridgehead atoms. The lowest BCUT2D eigenvalue weighted by Gasteiger charge is -2.20. The molecular formula is C14H19NO2. The largest absolute Gasteiger partial charge is 0.454 e. The number of hydrogen-bond acceptors (Lipinski definition) is 3. The maximum atomic E-state index is 5.55. The van der Waals surface area contributed by atoms with Crippen molar-refractivity contribution in [3.05, 3.63) is 23.8 Å². The number of benzene rings is 1. The van der Waals surface area contributed by atoms with Gasteiger partial charge in [0.05, 0.1) is 0 Å². The second-order valence-corrected chi connectivity index (χ2v) is 4.84. The molecule has 2 aliphatic rings. The monoisotopic (exact) mass is 233 g/mol. The van der Waals surface area contributed by atoms with Gasteiger partial charge in [0.2, 0.25) is 6.79 Å². The predicted octanol–water partition coefficient (Wildman–Crippen LogP) is 2.79. The molecule has 1 saturated heterocycles. The van der Waals surface area contributed by atoms with Gasteiger partial charge in [0.15, 0.2) is 11.5 Å². The molecule has 0 spiro atoms. The number of nitrogens with zero attached hydrogens (tertiary/aromatic N) is 1. The summed E-state index contributed by atoms with van der Waals surface area (Å²) in [5.41, 5.74) is 1.27. The van der Waals surface area contributed by atoms with E-state index in [-0.39, 0.29) is 0 Å². The van der Waals surface area contributed by atoms with E-state index in [1.807, 2.05) is 6.07 Å². The molecule has 3 heteroatoms. The molecule has 0 amide bonds. The fraction of sp³-hybridized carbons (Fsp3) is 0.571. The van der Waals surface area contributed by atoms with Gasteiger partial charge in [-0.2, -0.15) is 0 Å². The molecule has 1 aromatic rings. The molecule has 0 radical (unpaired) electrons. The molecule has 2 heterocycles. The number of likely N-dealkylation sites (tertiary alicyclic amines) is 1. The first-order chi connectivity index (χ1) is 8.43. The van der Waals surface area contributed by atoms with E-state index in [2.05, 4.69) is 17.0 Å². The van der Waals surface area contributed by atoms with Gasteiger partial charge in [0, 0.05) is 12.1 Å². The lowest BCUT2D eigenvalue weighted by Crippen LogP contribution is -2.24. The molecule has 1 aromatic carbocycles. The zero-order chi connectivity index (χ0) is 11.5. The Morgan fingerprint density at radius 1 is 1.00 bits per heavy atom. The summed E-state index contributed by atoms with van der Waals surface area (Å²) in [6.07, 6.45) is 5.41. The van der Waals surface area contributed by atoms with Gasteiger partial charge in [-0.1, -0.05) is 25.0 Å². The molecule has 92 valence electrons. The first kappa shape index (κ1) is 10.9. The molecule has 3 nitrogen and oxygen atoms in total. The van der Waals surface area contributed by atoms with Gasteiger partial charge in [-0.25, -0.2) is 0 Å². The molecule has 3 rings (SSSR count). The highest BCUT2D eigenvalue weighted by atomic mass is 16.7. The fourth-order valence-corrected chi connectivity index (χ4v) is 2.65. The van der Waals surface area contributed by atoms with Crippen molar-refractivity contribution in [1.82, 2.24) is 4.90 Å². The van der Waals surface area contributed by atoms with Crippen molar-refractivity contribution in [2.45, 2.75) is 32.2 Å². The third-order valence-electron chi connectivity index (χ3n) is 3.57. The van der Waals surface area contributed by atoms with E-state index in [4.69, 9.17) is 9.47 Å². The van der Waals surface area contributed by atoms with E-state index in [0.29, 0.717) is 6.79 Å². The summed E-state index contributed by atoms with van der Waals surface area (Å²) in [6, 6.07) is 6.19. The second-order valence-electron chi connectivity index (χ2n) is 4.84. The van der Waals surface area contributed by atoms with Crippen LogP contribution in [0.1, 0.15) is 31.2 Å². The van der Waals surface area contributed by atoms with Gasteiger partial charge < -0.3 is 9.47 Å². The molecule has 0 aromatic heterocycles. The van der Waals surface area contributed by atoms with Crippen molar-refractivity contribution in [2.24, 2.45) is 0 Å². The molecule has 1 fully saturated rings. The van der Waals surface area contributed by atoms with Crippen LogP contribution in [0.3, 0.4) is 0 Å². The summed E-state index contributed by atoms with van der Waals surface area (Å²) in [6.45, 7) is 3.79. The van der Waals surface area contributed by atoms with Crippen LogP contribution in [0.2, 0.25) is 0 Å². The molecule has 0 atom stereocenters. The second kappa shape index (κ2) is 4.96. The summed E-state index contributed by atoms with van der Waals surface area (Å²) >= 11 is 0. The van der Waals surface area contributed by atoms with Crippen LogP contribution in [-0.4, -0.2) is 24.8 Å². The third kappa shape index (κ3) is 2.39. The van der Waals surface area contributed by atoms with E-state index < -0.39 is 0 Å². The van der Waals surface area contributed by atoms with Crippen LogP contribution < -0.4 is 9.47 Å². The lowest BCUT2D eigenvalue weighted by molar-refractivity contribution is 0.172. The zero-order valence-corrected chi connectivity index (χ0v) is 10.2. The van der Waals surface area contributed by atoms with Crippen LogP contribution in [0.4, 0.5) is 0 Å². The molecule has 17 heavy (non-hydrogen) atoms. The Bertz CT molecular complexity index is 384. The zero-order valence-electron chi connectivity index (χ0n) is 10.2. The van der Waals surface area contributed by atoms with Crippen molar-refractivity contribution in [1.29, 1.82) is 0 Å². The van der Waals surface area contributed by atoms with E-state index >= 15 is 0 Å². The van der Waals surface area contributed by atoms with E-state index in [9.17, 15) is 0 Å². The summed E-state index contributed by atoms with van der Waals surface area (Å²) < 4.78 is 11.0. The quantitative estimate of drug-likeness (QED) is 0.784. The number of hydrogen-bond donors (Lipinski definition) is 0. The van der Waals surface area contributed by atoms with Gasteiger partial charge >= 0.3 is 0 Å². The Balaban J connectivity index is 1.74. The van der Waals surface area contributed by atoms with Gasteiger partial charge in [-0.3, -0.25) is 4.90 Å². The molecule has 0 unspecified atom stereocenters. The Morgan fingerprint density at radius 3 is 2.65 bits per heavy atom. The first-order valence-electron chi connectivity index (χ1n) is 6.53. The van der Waals surface area contributed by atoms with Crippen LogP contribution in [0, 0.1) is 0 Å². The van der Waals surface area contributed by atoms with Gasteiger partial charge in [-0.15, -0.1) is 0 Å². The number of para-hydroxylation sites is 1. The third-order valence-corrected chi connectivity index (χ3v) is 3.57. The van der Waals surface area contributed by atoms with Crippen LogP contribution >= 0.6 is 0 Å². The Labute approximate surface area is 102 Å². The van der Waals surface area contributed by atoms with Crippen molar-refractivity contribution < 1.29 is 9.47 Å². The van der Waals surface area contributed by atoms with E-state index in [0.717, 1.165) is 18.0 Å². The molecular weight excluding hydrogens is 214 g/mol. The minimum atomic E-state index is 0.367. The number of fused-ring (bicyclic) bond motifs is 1. The topological polar surface area (TPSA) is 21.7 Å². The summed E-state index contributed by atoms with van der Waals surface area (Å²) in [5, 5.41) is 0. The molecule has 2 aliphatic heterocycles. The number of rotatable bonds is 2. The Morgan fingerprint density at radius 2 is 1.82 bits per heavy atom. The van der Waals surface area contributed by atoms with Gasteiger partial charge in [-0.05, 0) is 32.0 Å². The highest BCUT2D eigenvalue weighted by Gasteiger charge is 2.19. The Hall–Kier alpha value is -1.22. The average molecular weight is 233 g/mol. The van der Waals surface area contributed by atoms with Crippen LogP contribution in [0.5, 0.6) is 11.5 Å². The minimum absolute atomic E-state index is 0.367. The lowest BCUT2D eigenvalue weighted by atomic mass is 10.1. The van der Waals surface area contributed by atoms with Crippen LogP contribution in [-0.2, 0) is 6.54 Å². The Kier molecular flexibility index (Phi) is 3.18. The summed E-state index contributed by atoms with van der Waals surface area (Å²) in [7, 11) is 0. The standard InChI is InChI=1S/C14H19NO2/c1-2-4-9-15(8-3-1)10-12-6-5-7-13-14(12)17-11-16-13/h5-7H,1-4,8-11H2. The predicted molar refractivity (Wildman–Crippen MR) is 66.3 cm³/mol. The van der Waals surface area contributed by atoms with E-state index in [1.54, 1.807) is 0 Å². The van der Waals surface area contributed by atoms with Crippen LogP contribution in [0.25, 0.3) is 0 Å². The molecule has 0 aliphatic carbocycles. The van der Waals surface area contributed by atoms with Crippen molar-refractivity contribution >= 4 is 0 Å². The van der Waals surface area contributed by atoms with Crippen molar-refractivity contribution in [2.75, 3.05) is 19.9 Å². The summed E-state index contributed by atoms with van der Waals surface area (Å²) in [5.74, 6) is 1.86. The SMILES string of the molecule is c1cc(CN2CCCCCC2)c2c(c1)OCO2. The molecule has 0 saturated carbocycles. The summed E-state index contributed by atoms with van der Waals surface area (Å²) in [4.78, 5) is 2.53. The normalized spacial score (nSPS) is 20.2. The fourth-order valence-electron chi connectivity index (χ4n) is 2.65. The smallest absolute Gasteiger partial charge is 0.231 e. The van der Waals surface area contributed by atoms with Crippen molar-refractivity contribution in [3.8, 4) is 11.5 Å².